The number of hydrogen-bond donors (Lipinski definition) is 1. The van der Waals surface area contributed by atoms with Crippen LogP contribution in [0.2, 0.25) is 0 Å². The van der Waals surface area contributed by atoms with Gasteiger partial charge in [-0.05, 0) is 43.0 Å². The molecule has 1 aliphatic rings. The van der Waals surface area contributed by atoms with Crippen LogP contribution in [0, 0.1) is 12.7 Å². The van der Waals surface area contributed by atoms with Crippen molar-refractivity contribution in [1.29, 1.82) is 0 Å². The SMILES string of the molecule is Cc1ccc(NC(=O)C2(c3ccccc3)CCCC2)c(F)c1. The Morgan fingerprint density at radius 1 is 1.09 bits per heavy atom. The van der Waals surface area contributed by atoms with Gasteiger partial charge in [-0.1, -0.05) is 49.2 Å². The summed E-state index contributed by atoms with van der Waals surface area (Å²) in [6.45, 7) is 1.83. The van der Waals surface area contributed by atoms with Crippen LogP contribution >= 0.6 is 0 Å². The number of halogens is 1. The fraction of sp³-hybridized carbons (Fsp3) is 0.316. The van der Waals surface area contributed by atoms with Crippen molar-refractivity contribution in [3.63, 3.8) is 0 Å². The normalized spacial score (nSPS) is 16.5. The van der Waals surface area contributed by atoms with E-state index >= 15 is 0 Å². The van der Waals surface area contributed by atoms with Crippen LogP contribution in [0.4, 0.5) is 10.1 Å². The van der Waals surface area contributed by atoms with Crippen molar-refractivity contribution in [3.8, 4) is 0 Å². The molecule has 1 N–H and O–H groups in total. The minimum Gasteiger partial charge on any atom is -0.323 e. The number of benzene rings is 2. The summed E-state index contributed by atoms with van der Waals surface area (Å²) in [5.41, 5.74) is 1.60. The predicted molar refractivity (Wildman–Crippen MR) is 86.4 cm³/mol. The Morgan fingerprint density at radius 3 is 2.41 bits per heavy atom. The van der Waals surface area contributed by atoms with Gasteiger partial charge in [0.25, 0.3) is 0 Å². The number of carbonyl (C=O) groups is 1. The van der Waals surface area contributed by atoms with Crippen LogP contribution in [0.5, 0.6) is 0 Å². The smallest absolute Gasteiger partial charge is 0.235 e. The van der Waals surface area contributed by atoms with E-state index in [4.69, 9.17) is 0 Å². The van der Waals surface area contributed by atoms with Crippen molar-refractivity contribution >= 4 is 11.6 Å². The highest BCUT2D eigenvalue weighted by Crippen LogP contribution is 2.42. The standard InChI is InChI=1S/C19H20FNO/c1-14-9-10-17(16(20)13-14)21-18(22)19(11-5-6-12-19)15-7-3-2-4-8-15/h2-4,7-10,13H,5-6,11-12H2,1H3,(H,21,22). The summed E-state index contributed by atoms with van der Waals surface area (Å²) < 4.78 is 14.0. The lowest BCUT2D eigenvalue weighted by molar-refractivity contribution is -0.121. The molecule has 0 unspecified atom stereocenters. The molecule has 1 amide bonds. The maximum atomic E-state index is 14.0. The Labute approximate surface area is 130 Å². The van der Waals surface area contributed by atoms with Crippen LogP contribution < -0.4 is 5.32 Å². The van der Waals surface area contributed by atoms with Gasteiger partial charge in [0.2, 0.25) is 5.91 Å². The number of aryl methyl sites for hydroxylation is 1. The second kappa shape index (κ2) is 5.91. The van der Waals surface area contributed by atoms with E-state index in [1.165, 1.54) is 6.07 Å². The zero-order chi connectivity index (χ0) is 15.6. The topological polar surface area (TPSA) is 29.1 Å². The van der Waals surface area contributed by atoms with Crippen LogP contribution in [0.25, 0.3) is 0 Å². The van der Waals surface area contributed by atoms with Gasteiger partial charge in [0.15, 0.2) is 0 Å². The Hall–Kier alpha value is -2.16. The van der Waals surface area contributed by atoms with Gasteiger partial charge in [0.05, 0.1) is 11.1 Å². The van der Waals surface area contributed by atoms with Crippen molar-refractivity contribution in [1.82, 2.24) is 0 Å². The third-order valence-corrected chi connectivity index (χ3v) is 4.59. The first-order valence-corrected chi connectivity index (χ1v) is 7.75. The highest BCUT2D eigenvalue weighted by atomic mass is 19.1. The summed E-state index contributed by atoms with van der Waals surface area (Å²) in [6, 6.07) is 14.7. The fourth-order valence-electron chi connectivity index (χ4n) is 3.35. The number of anilines is 1. The molecule has 0 radical (unpaired) electrons. The average Bonchev–Trinajstić information content (AvgIpc) is 3.02. The molecular weight excluding hydrogens is 277 g/mol. The van der Waals surface area contributed by atoms with Crippen LogP contribution in [0.15, 0.2) is 48.5 Å². The molecule has 3 heteroatoms. The van der Waals surface area contributed by atoms with Crippen LogP contribution in [-0.4, -0.2) is 5.91 Å². The first kappa shape index (κ1) is 14.8. The quantitative estimate of drug-likeness (QED) is 0.882. The van der Waals surface area contributed by atoms with E-state index in [-0.39, 0.29) is 17.4 Å². The summed E-state index contributed by atoms with van der Waals surface area (Å²) in [5, 5.41) is 2.80. The van der Waals surface area contributed by atoms with Crippen LogP contribution in [0.3, 0.4) is 0 Å². The van der Waals surface area contributed by atoms with Gasteiger partial charge in [-0.2, -0.15) is 0 Å². The number of nitrogens with one attached hydrogen (secondary N) is 1. The summed E-state index contributed by atoms with van der Waals surface area (Å²) in [6.07, 6.45) is 3.68. The Morgan fingerprint density at radius 2 is 1.77 bits per heavy atom. The highest BCUT2D eigenvalue weighted by Gasteiger charge is 2.42. The maximum Gasteiger partial charge on any atom is 0.235 e. The summed E-state index contributed by atoms with van der Waals surface area (Å²) in [4.78, 5) is 12.9. The Kier molecular flexibility index (Phi) is 3.97. The second-order valence-corrected chi connectivity index (χ2v) is 6.09. The molecule has 114 valence electrons. The first-order chi connectivity index (χ1) is 10.6. The predicted octanol–water partition coefficient (Wildman–Crippen LogP) is 4.58. The van der Waals surface area contributed by atoms with Gasteiger partial charge < -0.3 is 5.32 Å². The molecule has 0 spiro atoms. The summed E-state index contributed by atoms with van der Waals surface area (Å²) >= 11 is 0. The fourth-order valence-corrected chi connectivity index (χ4v) is 3.35. The molecule has 0 heterocycles. The van der Waals surface area contributed by atoms with Gasteiger partial charge in [0.1, 0.15) is 5.82 Å². The van der Waals surface area contributed by atoms with Crippen molar-refractivity contribution in [2.75, 3.05) is 5.32 Å². The molecule has 1 saturated carbocycles. The Bertz CT molecular complexity index is 675. The molecule has 3 rings (SSSR count). The lowest BCUT2D eigenvalue weighted by atomic mass is 9.78. The largest absolute Gasteiger partial charge is 0.323 e. The molecule has 0 atom stereocenters. The molecule has 2 aromatic rings. The van der Waals surface area contributed by atoms with Gasteiger partial charge in [0, 0.05) is 0 Å². The molecule has 0 aliphatic heterocycles. The number of amides is 1. The number of rotatable bonds is 3. The van der Waals surface area contributed by atoms with Crippen LogP contribution in [0.1, 0.15) is 36.8 Å². The maximum absolute atomic E-state index is 14.0. The molecule has 1 fully saturated rings. The summed E-state index contributed by atoms with van der Waals surface area (Å²) in [7, 11) is 0. The molecule has 0 bridgehead atoms. The molecule has 2 nitrogen and oxygen atoms in total. The van der Waals surface area contributed by atoms with Crippen LogP contribution in [-0.2, 0) is 10.2 Å². The van der Waals surface area contributed by atoms with E-state index in [0.717, 1.165) is 36.8 Å². The van der Waals surface area contributed by atoms with Crippen molar-refractivity contribution in [2.45, 2.75) is 38.0 Å². The zero-order valence-corrected chi connectivity index (χ0v) is 12.7. The van der Waals surface area contributed by atoms with Crippen molar-refractivity contribution in [2.24, 2.45) is 0 Å². The minimum atomic E-state index is -0.529. The first-order valence-electron chi connectivity index (χ1n) is 7.75. The van der Waals surface area contributed by atoms with Gasteiger partial charge in [-0.3, -0.25) is 4.79 Å². The van der Waals surface area contributed by atoms with E-state index in [9.17, 15) is 9.18 Å². The third-order valence-electron chi connectivity index (χ3n) is 4.59. The minimum absolute atomic E-state index is 0.0982. The monoisotopic (exact) mass is 297 g/mol. The van der Waals surface area contributed by atoms with E-state index in [2.05, 4.69) is 5.32 Å². The van der Waals surface area contributed by atoms with E-state index in [1.54, 1.807) is 6.07 Å². The second-order valence-electron chi connectivity index (χ2n) is 6.09. The third kappa shape index (κ3) is 2.63. The van der Waals surface area contributed by atoms with Crippen molar-refractivity contribution in [3.05, 3.63) is 65.5 Å². The zero-order valence-electron chi connectivity index (χ0n) is 12.7. The molecule has 22 heavy (non-hydrogen) atoms. The molecular formula is C19H20FNO. The molecule has 2 aromatic carbocycles. The average molecular weight is 297 g/mol. The molecule has 0 saturated heterocycles. The lowest BCUT2D eigenvalue weighted by Gasteiger charge is -2.28. The van der Waals surface area contributed by atoms with Gasteiger partial charge in [-0.25, -0.2) is 4.39 Å². The summed E-state index contributed by atoms with van der Waals surface area (Å²) in [5.74, 6) is -0.478. The van der Waals surface area contributed by atoms with Crippen molar-refractivity contribution < 1.29 is 9.18 Å². The number of hydrogen-bond acceptors (Lipinski definition) is 1. The van der Waals surface area contributed by atoms with E-state index in [1.807, 2.05) is 43.3 Å². The van der Waals surface area contributed by atoms with E-state index < -0.39 is 5.41 Å². The molecule has 1 aliphatic carbocycles. The van der Waals surface area contributed by atoms with Gasteiger partial charge in [-0.15, -0.1) is 0 Å². The number of carbonyl (C=O) groups excluding carboxylic acids is 1. The van der Waals surface area contributed by atoms with Gasteiger partial charge >= 0.3 is 0 Å². The molecule has 0 aromatic heterocycles. The van der Waals surface area contributed by atoms with E-state index in [0.29, 0.717) is 0 Å². The highest BCUT2D eigenvalue weighted by molar-refractivity contribution is 5.99. The Balaban J connectivity index is 1.91. The lowest BCUT2D eigenvalue weighted by Crippen LogP contribution is -2.38.